The van der Waals surface area contributed by atoms with Gasteiger partial charge in [0.15, 0.2) is 0 Å². The van der Waals surface area contributed by atoms with Gasteiger partial charge in [0.1, 0.15) is 0 Å². The standard InChI is InChI=1S/C18H14BrN/c1-11-14-6-4-3-5-12(14)9-17-18(11)15-10-13(19)7-8-16(15)20(17)2/h3-10H,1-2H3. The number of fused-ring (bicyclic) bond motifs is 4. The first-order valence-corrected chi connectivity index (χ1v) is 7.52. The molecule has 0 atom stereocenters. The fraction of sp³-hybridized carbons (Fsp3) is 0.111. The van der Waals surface area contributed by atoms with Crippen LogP contribution in [-0.2, 0) is 7.05 Å². The van der Waals surface area contributed by atoms with E-state index in [2.05, 4.69) is 83.0 Å². The van der Waals surface area contributed by atoms with Crippen LogP contribution in [-0.4, -0.2) is 4.57 Å². The average molecular weight is 324 g/mol. The van der Waals surface area contributed by atoms with Crippen LogP contribution in [0.1, 0.15) is 5.56 Å². The van der Waals surface area contributed by atoms with Gasteiger partial charge in [0, 0.05) is 33.3 Å². The van der Waals surface area contributed by atoms with Gasteiger partial charge in [0.05, 0.1) is 0 Å². The zero-order chi connectivity index (χ0) is 13.9. The Kier molecular flexibility index (Phi) is 2.45. The molecule has 0 N–H and O–H groups in total. The lowest BCUT2D eigenvalue weighted by Crippen LogP contribution is -1.87. The van der Waals surface area contributed by atoms with E-state index in [0.29, 0.717) is 0 Å². The van der Waals surface area contributed by atoms with Gasteiger partial charge < -0.3 is 4.57 Å². The summed E-state index contributed by atoms with van der Waals surface area (Å²) in [7, 11) is 2.15. The van der Waals surface area contributed by atoms with Gasteiger partial charge in [-0.1, -0.05) is 40.2 Å². The molecule has 0 radical (unpaired) electrons. The molecular weight excluding hydrogens is 310 g/mol. The molecule has 0 fully saturated rings. The van der Waals surface area contributed by atoms with Gasteiger partial charge in [-0.25, -0.2) is 0 Å². The minimum Gasteiger partial charge on any atom is -0.344 e. The summed E-state index contributed by atoms with van der Waals surface area (Å²) >= 11 is 3.59. The van der Waals surface area contributed by atoms with Crippen molar-refractivity contribution in [1.29, 1.82) is 0 Å². The van der Waals surface area contributed by atoms with Gasteiger partial charge >= 0.3 is 0 Å². The van der Waals surface area contributed by atoms with Crippen LogP contribution < -0.4 is 0 Å². The summed E-state index contributed by atoms with van der Waals surface area (Å²) in [5, 5.41) is 5.33. The highest BCUT2D eigenvalue weighted by atomic mass is 79.9. The number of halogens is 1. The van der Waals surface area contributed by atoms with Crippen molar-refractivity contribution in [2.24, 2.45) is 7.05 Å². The average Bonchev–Trinajstić information content (AvgIpc) is 2.72. The van der Waals surface area contributed by atoms with Crippen molar-refractivity contribution in [3.63, 3.8) is 0 Å². The number of hydrogen-bond donors (Lipinski definition) is 0. The molecule has 1 heterocycles. The molecule has 0 aliphatic rings. The predicted octanol–water partition coefficient (Wildman–Crippen LogP) is 5.56. The summed E-state index contributed by atoms with van der Waals surface area (Å²) in [5.41, 5.74) is 3.94. The topological polar surface area (TPSA) is 4.93 Å². The molecule has 4 aromatic rings. The monoisotopic (exact) mass is 323 g/mol. The van der Waals surface area contributed by atoms with Crippen LogP contribution in [0.25, 0.3) is 32.6 Å². The molecule has 3 aromatic carbocycles. The maximum atomic E-state index is 3.59. The first kappa shape index (κ1) is 12.0. The summed E-state index contributed by atoms with van der Waals surface area (Å²) < 4.78 is 3.42. The Morgan fingerprint density at radius 1 is 0.900 bits per heavy atom. The molecule has 20 heavy (non-hydrogen) atoms. The van der Waals surface area contributed by atoms with Gasteiger partial charge in [-0.2, -0.15) is 0 Å². The number of aromatic nitrogens is 1. The zero-order valence-electron chi connectivity index (χ0n) is 11.4. The fourth-order valence-electron chi connectivity index (χ4n) is 3.25. The van der Waals surface area contributed by atoms with Crippen molar-refractivity contribution >= 4 is 48.5 Å². The van der Waals surface area contributed by atoms with E-state index >= 15 is 0 Å². The highest BCUT2D eigenvalue weighted by molar-refractivity contribution is 9.10. The van der Waals surface area contributed by atoms with Gasteiger partial charge in [-0.15, -0.1) is 0 Å². The van der Waals surface area contributed by atoms with E-state index in [9.17, 15) is 0 Å². The van der Waals surface area contributed by atoms with E-state index in [-0.39, 0.29) is 0 Å². The molecule has 0 bridgehead atoms. The summed E-state index contributed by atoms with van der Waals surface area (Å²) in [6.45, 7) is 2.23. The fourth-order valence-corrected chi connectivity index (χ4v) is 3.61. The third-order valence-electron chi connectivity index (χ3n) is 4.24. The van der Waals surface area contributed by atoms with E-state index in [1.54, 1.807) is 0 Å². The normalized spacial score (nSPS) is 11.8. The number of benzene rings is 3. The van der Waals surface area contributed by atoms with Crippen LogP contribution in [0.2, 0.25) is 0 Å². The van der Waals surface area contributed by atoms with Gasteiger partial charge in [-0.3, -0.25) is 0 Å². The third-order valence-corrected chi connectivity index (χ3v) is 4.73. The molecule has 0 aliphatic carbocycles. The van der Waals surface area contributed by atoms with Gasteiger partial charge in [0.2, 0.25) is 0 Å². The lowest BCUT2D eigenvalue weighted by Gasteiger charge is -2.05. The van der Waals surface area contributed by atoms with Crippen LogP contribution >= 0.6 is 15.9 Å². The summed E-state index contributed by atoms with van der Waals surface area (Å²) in [6.07, 6.45) is 0. The maximum absolute atomic E-state index is 3.59. The number of aryl methyl sites for hydroxylation is 2. The Morgan fingerprint density at radius 2 is 1.70 bits per heavy atom. The number of rotatable bonds is 0. The minimum atomic E-state index is 1.13. The van der Waals surface area contributed by atoms with E-state index in [1.807, 2.05) is 0 Å². The zero-order valence-corrected chi connectivity index (χ0v) is 13.0. The SMILES string of the molecule is Cc1c2ccccc2cc2c1c1cc(Br)ccc1n2C. The second-order valence-corrected chi connectivity index (χ2v) is 6.25. The maximum Gasteiger partial charge on any atom is 0.0497 e. The van der Waals surface area contributed by atoms with Crippen molar-refractivity contribution in [3.05, 3.63) is 58.6 Å². The lowest BCUT2D eigenvalue weighted by atomic mass is 10.00. The lowest BCUT2D eigenvalue weighted by molar-refractivity contribution is 1.01. The second-order valence-electron chi connectivity index (χ2n) is 5.34. The van der Waals surface area contributed by atoms with Crippen molar-refractivity contribution < 1.29 is 0 Å². The number of hydrogen-bond acceptors (Lipinski definition) is 0. The van der Waals surface area contributed by atoms with Crippen LogP contribution in [0.15, 0.2) is 53.0 Å². The van der Waals surface area contributed by atoms with E-state index in [4.69, 9.17) is 0 Å². The first-order valence-electron chi connectivity index (χ1n) is 6.73. The Labute approximate surface area is 125 Å². The van der Waals surface area contributed by atoms with Crippen LogP contribution in [0.3, 0.4) is 0 Å². The highest BCUT2D eigenvalue weighted by Crippen LogP contribution is 2.36. The number of nitrogens with zero attached hydrogens (tertiary/aromatic N) is 1. The molecule has 98 valence electrons. The molecule has 4 rings (SSSR count). The first-order chi connectivity index (χ1) is 9.66. The predicted molar refractivity (Wildman–Crippen MR) is 90.4 cm³/mol. The molecule has 0 saturated heterocycles. The van der Waals surface area contributed by atoms with Crippen LogP contribution in [0.4, 0.5) is 0 Å². The molecule has 0 aliphatic heterocycles. The summed E-state index contributed by atoms with van der Waals surface area (Å²) in [5.74, 6) is 0. The molecule has 2 heteroatoms. The van der Waals surface area contributed by atoms with E-state index in [0.717, 1.165) is 4.47 Å². The second kappa shape index (κ2) is 4.10. The summed E-state index contributed by atoms with van der Waals surface area (Å²) in [6, 6.07) is 17.4. The molecule has 0 spiro atoms. The van der Waals surface area contributed by atoms with Crippen LogP contribution in [0, 0.1) is 6.92 Å². The molecular formula is C18H14BrN. The molecule has 0 saturated carbocycles. The Balaban J connectivity index is 2.36. The minimum absolute atomic E-state index is 1.13. The Bertz CT molecular complexity index is 979. The molecule has 1 aromatic heterocycles. The van der Waals surface area contributed by atoms with Gasteiger partial charge in [0.25, 0.3) is 0 Å². The highest BCUT2D eigenvalue weighted by Gasteiger charge is 2.12. The van der Waals surface area contributed by atoms with E-state index in [1.165, 1.54) is 38.1 Å². The Morgan fingerprint density at radius 3 is 2.55 bits per heavy atom. The van der Waals surface area contributed by atoms with Crippen molar-refractivity contribution in [1.82, 2.24) is 4.57 Å². The Hall–Kier alpha value is -1.80. The smallest absolute Gasteiger partial charge is 0.0497 e. The van der Waals surface area contributed by atoms with Crippen molar-refractivity contribution in [2.45, 2.75) is 6.92 Å². The molecule has 0 amide bonds. The summed E-state index contributed by atoms with van der Waals surface area (Å²) in [4.78, 5) is 0. The largest absolute Gasteiger partial charge is 0.344 e. The van der Waals surface area contributed by atoms with Crippen molar-refractivity contribution in [3.8, 4) is 0 Å². The van der Waals surface area contributed by atoms with Crippen molar-refractivity contribution in [2.75, 3.05) is 0 Å². The molecule has 1 nitrogen and oxygen atoms in total. The molecule has 0 unspecified atom stereocenters. The van der Waals surface area contributed by atoms with Gasteiger partial charge in [-0.05, 0) is 47.5 Å². The van der Waals surface area contributed by atoms with Crippen LogP contribution in [0.5, 0.6) is 0 Å². The van der Waals surface area contributed by atoms with E-state index < -0.39 is 0 Å². The third kappa shape index (κ3) is 1.49. The quantitative estimate of drug-likeness (QED) is 0.399.